The van der Waals surface area contributed by atoms with Crippen LogP contribution < -0.4 is 0 Å². The number of hydrogen-bond acceptors (Lipinski definition) is 1. The quantitative estimate of drug-likeness (QED) is 0.675. The number of halogens is 1. The third-order valence-electron chi connectivity index (χ3n) is 2.38. The van der Waals surface area contributed by atoms with Crippen molar-refractivity contribution in [1.29, 1.82) is 0 Å². The first kappa shape index (κ1) is 13.9. The van der Waals surface area contributed by atoms with E-state index in [2.05, 4.69) is 36.7 Å². The van der Waals surface area contributed by atoms with Gasteiger partial charge in [-0.25, -0.2) is 0 Å². The molecule has 1 unspecified atom stereocenters. The van der Waals surface area contributed by atoms with Crippen molar-refractivity contribution < 1.29 is 4.79 Å². The highest BCUT2D eigenvalue weighted by atomic mass is 79.9. The Morgan fingerprint density at radius 2 is 1.93 bits per heavy atom. The molecule has 0 spiro atoms. The van der Waals surface area contributed by atoms with Gasteiger partial charge in [0.2, 0.25) is 5.91 Å². The van der Waals surface area contributed by atoms with Crippen molar-refractivity contribution >= 4 is 21.8 Å². The van der Waals surface area contributed by atoms with E-state index >= 15 is 0 Å². The zero-order valence-corrected chi connectivity index (χ0v) is 11.3. The highest BCUT2D eigenvalue weighted by Crippen LogP contribution is 2.12. The molecule has 0 rings (SSSR count). The Hall–Kier alpha value is -0.0500. The van der Waals surface area contributed by atoms with Crippen LogP contribution in [-0.2, 0) is 4.79 Å². The smallest absolute Gasteiger partial charge is 0.225 e. The maximum Gasteiger partial charge on any atom is 0.225 e. The van der Waals surface area contributed by atoms with Crippen molar-refractivity contribution in [2.45, 2.75) is 46.6 Å². The van der Waals surface area contributed by atoms with Crippen LogP contribution in [0.15, 0.2) is 0 Å². The lowest BCUT2D eigenvalue weighted by Gasteiger charge is -2.28. The zero-order valence-electron chi connectivity index (χ0n) is 9.72. The van der Waals surface area contributed by atoms with E-state index in [0.717, 1.165) is 24.7 Å². The summed E-state index contributed by atoms with van der Waals surface area (Å²) in [5, 5.41) is 0.857. The van der Waals surface area contributed by atoms with Crippen LogP contribution in [-0.4, -0.2) is 28.7 Å². The van der Waals surface area contributed by atoms with Gasteiger partial charge < -0.3 is 4.90 Å². The van der Waals surface area contributed by atoms with Crippen LogP contribution in [0.2, 0.25) is 0 Å². The van der Waals surface area contributed by atoms with Crippen LogP contribution >= 0.6 is 15.9 Å². The summed E-state index contributed by atoms with van der Waals surface area (Å²) in [4.78, 5) is 13.9. The lowest BCUT2D eigenvalue weighted by atomic mass is 10.0. The molecule has 1 atom stereocenters. The molecule has 0 aliphatic rings. The van der Waals surface area contributed by atoms with Gasteiger partial charge in [-0.15, -0.1) is 0 Å². The van der Waals surface area contributed by atoms with E-state index in [1.807, 2.05) is 11.8 Å². The van der Waals surface area contributed by atoms with Gasteiger partial charge in [-0.2, -0.15) is 0 Å². The largest absolute Gasteiger partial charge is 0.339 e. The van der Waals surface area contributed by atoms with E-state index in [9.17, 15) is 4.79 Å². The number of carbonyl (C=O) groups is 1. The van der Waals surface area contributed by atoms with E-state index in [-0.39, 0.29) is 5.92 Å². The van der Waals surface area contributed by atoms with Gasteiger partial charge in [-0.05, 0) is 20.3 Å². The second-order valence-electron chi connectivity index (χ2n) is 4.00. The minimum absolute atomic E-state index is 0.168. The molecule has 3 heteroatoms. The fourth-order valence-electron chi connectivity index (χ4n) is 1.55. The molecule has 0 bridgehead atoms. The monoisotopic (exact) mass is 263 g/mol. The average Bonchev–Trinajstić information content (AvgIpc) is 2.13. The summed E-state index contributed by atoms with van der Waals surface area (Å²) in [6.07, 6.45) is 2.07. The molecule has 0 radical (unpaired) electrons. The molecule has 2 nitrogen and oxygen atoms in total. The lowest BCUT2D eigenvalue weighted by Crippen LogP contribution is -2.41. The minimum Gasteiger partial charge on any atom is -0.339 e. The lowest BCUT2D eigenvalue weighted by molar-refractivity contribution is -0.136. The van der Waals surface area contributed by atoms with Crippen LogP contribution in [0.3, 0.4) is 0 Å². The molecule has 14 heavy (non-hydrogen) atoms. The van der Waals surface area contributed by atoms with Gasteiger partial charge >= 0.3 is 0 Å². The molecule has 0 aromatic rings. The topological polar surface area (TPSA) is 20.3 Å². The molecule has 0 saturated heterocycles. The molecule has 0 aromatic carbocycles. The van der Waals surface area contributed by atoms with Crippen LogP contribution in [0.1, 0.15) is 40.5 Å². The molecule has 0 aromatic heterocycles. The zero-order chi connectivity index (χ0) is 11.1. The molecule has 84 valence electrons. The number of alkyl halides is 1. The molecule has 0 heterocycles. The second kappa shape index (κ2) is 7.27. The van der Waals surface area contributed by atoms with Gasteiger partial charge in [0.05, 0.1) is 0 Å². The van der Waals surface area contributed by atoms with Crippen molar-refractivity contribution in [2.75, 3.05) is 11.9 Å². The second-order valence-corrected chi connectivity index (χ2v) is 4.80. The molecule has 1 amide bonds. The maximum absolute atomic E-state index is 12.0. The van der Waals surface area contributed by atoms with Gasteiger partial charge in [-0.1, -0.05) is 36.2 Å². The van der Waals surface area contributed by atoms with Crippen molar-refractivity contribution in [3.8, 4) is 0 Å². The molecule has 0 aliphatic heterocycles. The summed E-state index contributed by atoms with van der Waals surface area (Å²) in [6, 6.07) is 0.305. The van der Waals surface area contributed by atoms with Gasteiger partial charge in [0.15, 0.2) is 0 Å². The fraction of sp³-hybridized carbons (Fsp3) is 0.909. The normalized spacial score (nSPS) is 13.0. The highest BCUT2D eigenvalue weighted by Gasteiger charge is 2.21. The third-order valence-corrected chi connectivity index (χ3v) is 2.73. The van der Waals surface area contributed by atoms with Gasteiger partial charge in [0.25, 0.3) is 0 Å². The SMILES string of the molecule is CCCC(C)C(=O)N(CCBr)C(C)C. The van der Waals surface area contributed by atoms with E-state index in [1.54, 1.807) is 0 Å². The summed E-state index contributed by atoms with van der Waals surface area (Å²) >= 11 is 3.38. The molecular formula is C11H22BrNO. The van der Waals surface area contributed by atoms with Gasteiger partial charge in [-0.3, -0.25) is 4.79 Å². The van der Waals surface area contributed by atoms with E-state index in [1.165, 1.54) is 0 Å². The van der Waals surface area contributed by atoms with Crippen LogP contribution in [0.4, 0.5) is 0 Å². The Kier molecular flexibility index (Phi) is 7.24. The van der Waals surface area contributed by atoms with Crippen LogP contribution in [0.25, 0.3) is 0 Å². The summed E-state index contributed by atoms with van der Waals surface area (Å²) in [5.74, 6) is 0.461. The minimum atomic E-state index is 0.168. The highest BCUT2D eigenvalue weighted by molar-refractivity contribution is 9.09. The predicted molar refractivity (Wildman–Crippen MR) is 64.7 cm³/mol. The maximum atomic E-state index is 12.0. The summed E-state index contributed by atoms with van der Waals surface area (Å²) in [6.45, 7) is 9.09. The van der Waals surface area contributed by atoms with E-state index in [4.69, 9.17) is 0 Å². The molecule has 0 fully saturated rings. The number of carbonyl (C=O) groups excluding carboxylic acids is 1. The third kappa shape index (κ3) is 4.45. The number of rotatable bonds is 6. The van der Waals surface area contributed by atoms with Crippen LogP contribution in [0.5, 0.6) is 0 Å². The van der Waals surface area contributed by atoms with E-state index < -0.39 is 0 Å². The van der Waals surface area contributed by atoms with Crippen molar-refractivity contribution in [3.05, 3.63) is 0 Å². The van der Waals surface area contributed by atoms with Crippen molar-refractivity contribution in [2.24, 2.45) is 5.92 Å². The van der Waals surface area contributed by atoms with Gasteiger partial charge in [0, 0.05) is 23.8 Å². The molecule has 0 N–H and O–H groups in total. The summed E-state index contributed by atoms with van der Waals surface area (Å²) < 4.78 is 0. The van der Waals surface area contributed by atoms with Crippen molar-refractivity contribution in [1.82, 2.24) is 4.90 Å². The molecular weight excluding hydrogens is 242 g/mol. The number of amides is 1. The van der Waals surface area contributed by atoms with Crippen LogP contribution in [0, 0.1) is 5.92 Å². The van der Waals surface area contributed by atoms with E-state index in [0.29, 0.717) is 11.9 Å². The predicted octanol–water partition coefficient (Wildman–Crippen LogP) is 3.05. The Labute approximate surface area is 96.2 Å². The Bertz CT molecular complexity index is 171. The first-order chi connectivity index (χ1) is 6.54. The standard InChI is InChI=1S/C11H22BrNO/c1-5-6-10(4)11(14)13(8-7-12)9(2)3/h9-10H,5-8H2,1-4H3. The molecule has 0 saturated carbocycles. The van der Waals surface area contributed by atoms with Crippen molar-refractivity contribution in [3.63, 3.8) is 0 Å². The number of nitrogens with zero attached hydrogens (tertiary/aromatic N) is 1. The first-order valence-electron chi connectivity index (χ1n) is 5.41. The molecule has 0 aliphatic carbocycles. The Balaban J connectivity index is 4.27. The Morgan fingerprint density at radius 3 is 2.29 bits per heavy atom. The summed E-state index contributed by atoms with van der Waals surface area (Å²) in [7, 11) is 0. The fourth-order valence-corrected chi connectivity index (χ4v) is 1.94. The Morgan fingerprint density at radius 1 is 1.36 bits per heavy atom. The number of hydrogen-bond donors (Lipinski definition) is 0. The first-order valence-corrected chi connectivity index (χ1v) is 6.53. The average molecular weight is 264 g/mol. The summed E-state index contributed by atoms with van der Waals surface area (Å²) in [5.41, 5.74) is 0. The van der Waals surface area contributed by atoms with Gasteiger partial charge in [0.1, 0.15) is 0 Å².